The molecule has 0 saturated carbocycles. The maximum atomic E-state index is 12.4. The molecule has 164 valence electrons. The number of thioether (sulfide) groups is 1. The molecule has 0 saturated heterocycles. The van der Waals surface area contributed by atoms with Gasteiger partial charge in [0.05, 0.1) is 5.69 Å². The monoisotopic (exact) mass is 477 g/mol. The van der Waals surface area contributed by atoms with Gasteiger partial charge in [0.2, 0.25) is 0 Å². The average Bonchev–Trinajstić information content (AvgIpc) is 3.11. The maximum absolute atomic E-state index is 12.4. The molecule has 4 aromatic rings. The molecule has 32 heavy (non-hydrogen) atoms. The van der Waals surface area contributed by atoms with Crippen LogP contribution in [0.1, 0.15) is 0 Å². The summed E-state index contributed by atoms with van der Waals surface area (Å²) >= 11 is 5.83. The summed E-state index contributed by atoms with van der Waals surface area (Å²) < 4.78 is 42.8. The van der Waals surface area contributed by atoms with E-state index in [9.17, 15) is 18.0 Å². The number of carbonyl (C=O) groups excluding carboxylic acids is 1. The van der Waals surface area contributed by atoms with E-state index in [0.29, 0.717) is 27.9 Å². The normalized spacial score (nSPS) is 11.4. The lowest BCUT2D eigenvalue weighted by atomic mass is 10.2. The second kappa shape index (κ2) is 9.05. The summed E-state index contributed by atoms with van der Waals surface area (Å²) in [7, 11) is 0. The fraction of sp³-hybridized carbons (Fsp3) is 0.0455. The Bertz CT molecular complexity index is 1240. The highest BCUT2D eigenvalue weighted by Crippen LogP contribution is 2.37. The zero-order chi connectivity index (χ0) is 22.7. The van der Waals surface area contributed by atoms with Gasteiger partial charge >= 0.3 is 11.5 Å². The van der Waals surface area contributed by atoms with Crippen LogP contribution in [0.3, 0.4) is 0 Å². The fourth-order valence-corrected chi connectivity index (χ4v) is 3.64. The van der Waals surface area contributed by atoms with Crippen LogP contribution in [0, 0.1) is 0 Å². The number of rotatable bonds is 5. The Morgan fingerprint density at radius 1 is 0.938 bits per heavy atom. The average molecular weight is 478 g/mol. The van der Waals surface area contributed by atoms with Crippen LogP contribution in [0.25, 0.3) is 10.9 Å². The Morgan fingerprint density at radius 3 is 2.25 bits per heavy atom. The molecular weight excluding hydrogens is 463 g/mol. The summed E-state index contributed by atoms with van der Waals surface area (Å²) in [6, 6.07) is 17.1. The minimum Gasteiger partial charge on any atom is -0.457 e. The van der Waals surface area contributed by atoms with Crippen molar-refractivity contribution >= 4 is 51.7 Å². The van der Waals surface area contributed by atoms with Gasteiger partial charge in [0, 0.05) is 32.7 Å². The molecule has 1 heterocycles. The van der Waals surface area contributed by atoms with Crippen molar-refractivity contribution in [2.75, 3.05) is 10.6 Å². The molecule has 5 nitrogen and oxygen atoms in total. The first-order valence-corrected chi connectivity index (χ1v) is 10.4. The summed E-state index contributed by atoms with van der Waals surface area (Å²) in [4.78, 5) is 15.5. The summed E-state index contributed by atoms with van der Waals surface area (Å²) in [6.45, 7) is 0. The summed E-state index contributed by atoms with van der Waals surface area (Å²) in [5.41, 5.74) is -2.37. The minimum atomic E-state index is -4.33. The predicted molar refractivity (Wildman–Crippen MR) is 121 cm³/mol. The van der Waals surface area contributed by atoms with Crippen LogP contribution in [-0.2, 0) is 0 Å². The number of nitrogens with one attached hydrogen (secondary N) is 3. The number of hydrogen-bond donors (Lipinski definition) is 3. The molecule has 3 aromatic carbocycles. The van der Waals surface area contributed by atoms with E-state index in [1.54, 1.807) is 42.6 Å². The predicted octanol–water partition coefficient (Wildman–Crippen LogP) is 7.87. The molecule has 1 aromatic heterocycles. The van der Waals surface area contributed by atoms with Crippen LogP contribution >= 0.6 is 23.4 Å². The zero-order valence-corrected chi connectivity index (χ0v) is 17.7. The lowest BCUT2D eigenvalue weighted by molar-refractivity contribution is -0.0328. The molecule has 0 unspecified atom stereocenters. The summed E-state index contributed by atoms with van der Waals surface area (Å²) in [6.07, 6.45) is 1.68. The van der Waals surface area contributed by atoms with Crippen LogP contribution in [0.2, 0.25) is 5.02 Å². The molecule has 0 fully saturated rings. The van der Waals surface area contributed by atoms with Crippen molar-refractivity contribution in [3.63, 3.8) is 0 Å². The third kappa shape index (κ3) is 5.68. The quantitative estimate of drug-likeness (QED) is 0.256. The van der Waals surface area contributed by atoms with Gasteiger partial charge in [0.25, 0.3) is 0 Å². The van der Waals surface area contributed by atoms with Crippen LogP contribution < -0.4 is 15.4 Å². The van der Waals surface area contributed by atoms with E-state index in [4.69, 9.17) is 16.3 Å². The van der Waals surface area contributed by atoms with Crippen molar-refractivity contribution in [2.45, 2.75) is 10.4 Å². The van der Waals surface area contributed by atoms with E-state index in [-0.39, 0.29) is 16.7 Å². The number of amides is 2. The number of aromatic nitrogens is 1. The van der Waals surface area contributed by atoms with Crippen molar-refractivity contribution in [1.29, 1.82) is 0 Å². The summed E-state index contributed by atoms with van der Waals surface area (Å²) in [5.74, 6) is 0.867. The number of benzene rings is 3. The van der Waals surface area contributed by atoms with Gasteiger partial charge in [0.1, 0.15) is 11.5 Å². The fourth-order valence-electron chi connectivity index (χ4n) is 2.93. The van der Waals surface area contributed by atoms with Crippen molar-refractivity contribution in [2.24, 2.45) is 0 Å². The zero-order valence-electron chi connectivity index (χ0n) is 16.2. The van der Waals surface area contributed by atoms with E-state index in [0.717, 1.165) is 10.9 Å². The molecule has 0 aliphatic heterocycles. The van der Waals surface area contributed by atoms with Gasteiger partial charge in [-0.1, -0.05) is 11.6 Å². The number of halogens is 4. The highest BCUT2D eigenvalue weighted by molar-refractivity contribution is 8.00. The van der Waals surface area contributed by atoms with E-state index in [1.807, 2.05) is 6.07 Å². The van der Waals surface area contributed by atoms with Crippen molar-refractivity contribution in [1.82, 2.24) is 4.98 Å². The number of fused-ring (bicyclic) bond motifs is 1. The smallest absolute Gasteiger partial charge is 0.446 e. The van der Waals surface area contributed by atoms with E-state index >= 15 is 0 Å². The number of anilines is 2. The molecule has 4 rings (SSSR count). The second-order valence-electron chi connectivity index (χ2n) is 6.62. The van der Waals surface area contributed by atoms with Crippen molar-refractivity contribution in [3.05, 3.63) is 77.9 Å². The van der Waals surface area contributed by atoms with E-state index in [2.05, 4.69) is 15.6 Å². The van der Waals surface area contributed by atoms with Crippen molar-refractivity contribution < 1.29 is 22.7 Å². The number of H-pyrrole nitrogens is 1. The Balaban J connectivity index is 1.35. The van der Waals surface area contributed by atoms with Gasteiger partial charge < -0.3 is 20.4 Å². The highest BCUT2D eigenvalue weighted by Gasteiger charge is 2.29. The molecular formula is C22H15ClF3N3O2S. The molecule has 0 radical (unpaired) electrons. The molecule has 0 aliphatic carbocycles. The van der Waals surface area contributed by atoms with Crippen LogP contribution in [0.4, 0.5) is 29.3 Å². The number of hydrogen-bond acceptors (Lipinski definition) is 3. The van der Waals surface area contributed by atoms with Gasteiger partial charge in [-0.2, -0.15) is 13.2 Å². The van der Waals surface area contributed by atoms with Crippen LogP contribution in [0.15, 0.2) is 77.8 Å². The third-order valence-electron chi connectivity index (χ3n) is 4.30. The van der Waals surface area contributed by atoms with Gasteiger partial charge in [-0.05, 0) is 78.5 Å². The Hall–Kier alpha value is -3.30. The van der Waals surface area contributed by atoms with E-state index in [1.165, 1.54) is 24.3 Å². The Morgan fingerprint density at radius 2 is 1.59 bits per heavy atom. The molecule has 3 N–H and O–H groups in total. The number of urea groups is 1. The van der Waals surface area contributed by atoms with Gasteiger partial charge in [-0.3, -0.25) is 0 Å². The standard InChI is InChI=1S/C22H15ClF3N3O2S/c23-13-1-10-19-18(11-13)20(12-27-19)29-21(30)28-14-2-4-15(5-3-14)31-16-6-8-17(9-7-16)32-22(24,25)26/h1-12,27H,(H2,28,29,30). The number of carbonyl (C=O) groups is 1. The lowest BCUT2D eigenvalue weighted by Gasteiger charge is -2.10. The first-order valence-electron chi connectivity index (χ1n) is 9.23. The molecule has 0 aliphatic rings. The SMILES string of the molecule is O=C(Nc1ccc(Oc2ccc(SC(F)(F)F)cc2)cc1)Nc1c[nH]c2ccc(Cl)cc12. The molecule has 0 bridgehead atoms. The minimum absolute atomic E-state index is 0.0767. The number of aromatic amines is 1. The molecule has 10 heteroatoms. The molecule has 0 spiro atoms. The van der Waals surface area contributed by atoms with Crippen molar-refractivity contribution in [3.8, 4) is 11.5 Å². The van der Waals surface area contributed by atoms with Gasteiger partial charge in [-0.15, -0.1) is 0 Å². The Labute approximate surface area is 189 Å². The van der Waals surface area contributed by atoms with E-state index < -0.39 is 11.5 Å². The first kappa shape index (κ1) is 21.9. The molecule has 0 atom stereocenters. The maximum Gasteiger partial charge on any atom is 0.446 e. The molecule has 2 amide bonds. The number of ether oxygens (including phenoxy) is 1. The van der Waals surface area contributed by atoms with Gasteiger partial charge in [0.15, 0.2) is 0 Å². The first-order chi connectivity index (χ1) is 15.2. The largest absolute Gasteiger partial charge is 0.457 e. The summed E-state index contributed by atoms with van der Waals surface area (Å²) in [5, 5.41) is 6.83. The third-order valence-corrected chi connectivity index (χ3v) is 5.27. The topological polar surface area (TPSA) is 66.2 Å². The van der Waals surface area contributed by atoms with Crippen LogP contribution in [0.5, 0.6) is 11.5 Å². The second-order valence-corrected chi connectivity index (χ2v) is 8.19. The lowest BCUT2D eigenvalue weighted by Crippen LogP contribution is -2.19. The number of alkyl halides is 3. The highest BCUT2D eigenvalue weighted by atomic mass is 35.5. The van der Waals surface area contributed by atoms with Gasteiger partial charge in [-0.25, -0.2) is 4.79 Å². The Kier molecular flexibility index (Phi) is 6.20. The van der Waals surface area contributed by atoms with Crippen LogP contribution in [-0.4, -0.2) is 16.5 Å².